The van der Waals surface area contributed by atoms with Crippen molar-refractivity contribution in [3.63, 3.8) is 0 Å². The molecule has 1 aromatic carbocycles. The minimum Gasteiger partial charge on any atom is -0.493 e. The number of imidazole rings is 1. The number of hydrogen-bond donors (Lipinski definition) is 0. The molecule has 0 spiro atoms. The van der Waals surface area contributed by atoms with Gasteiger partial charge in [-0.15, -0.1) is 0 Å². The molecule has 0 radical (unpaired) electrons. The minimum atomic E-state index is -0.631. The molecule has 4 heterocycles. The van der Waals surface area contributed by atoms with E-state index < -0.39 is 6.04 Å². The predicted molar refractivity (Wildman–Crippen MR) is 131 cm³/mol. The van der Waals surface area contributed by atoms with E-state index in [4.69, 9.17) is 19.2 Å². The number of imide groups is 1. The molecule has 5 rings (SSSR count). The summed E-state index contributed by atoms with van der Waals surface area (Å²) in [7, 11) is 4.93. The third-order valence-corrected chi connectivity index (χ3v) is 7.14. The molecule has 11 nitrogen and oxygen atoms in total. The SMILES string of the molecule is COc1ccc(CCn2c(C)c[n+]3c2N=C2C3C(=O)N(CCN3CCOCC3)C(=O)N2C)cc1OC. The molecule has 0 saturated carbocycles. The largest absolute Gasteiger partial charge is 0.493 e. The van der Waals surface area contributed by atoms with Gasteiger partial charge in [0, 0.05) is 39.6 Å². The minimum absolute atomic E-state index is 0.231. The summed E-state index contributed by atoms with van der Waals surface area (Å²) >= 11 is 0. The van der Waals surface area contributed by atoms with E-state index in [0.29, 0.717) is 56.1 Å². The van der Waals surface area contributed by atoms with Crippen LogP contribution in [0.25, 0.3) is 0 Å². The molecular formula is C25H33N6O5+. The number of urea groups is 1. The monoisotopic (exact) mass is 497 g/mol. The van der Waals surface area contributed by atoms with Crippen molar-refractivity contribution in [2.45, 2.75) is 25.9 Å². The van der Waals surface area contributed by atoms with Crippen molar-refractivity contribution >= 4 is 23.7 Å². The van der Waals surface area contributed by atoms with E-state index in [-0.39, 0.29) is 11.9 Å². The fourth-order valence-corrected chi connectivity index (χ4v) is 5.06. The van der Waals surface area contributed by atoms with Gasteiger partial charge in [0.05, 0.1) is 34.0 Å². The number of rotatable bonds is 8. The summed E-state index contributed by atoms with van der Waals surface area (Å²) in [4.78, 5) is 36.4. The maximum absolute atomic E-state index is 13.5. The second-order valence-electron chi connectivity index (χ2n) is 9.23. The Morgan fingerprint density at radius 3 is 2.56 bits per heavy atom. The predicted octanol–water partition coefficient (Wildman–Crippen LogP) is 1.15. The molecule has 1 unspecified atom stereocenters. The van der Waals surface area contributed by atoms with E-state index >= 15 is 0 Å². The molecule has 1 aromatic heterocycles. The van der Waals surface area contributed by atoms with E-state index in [2.05, 4.69) is 9.47 Å². The lowest BCUT2D eigenvalue weighted by Crippen LogP contribution is -2.63. The van der Waals surface area contributed by atoms with Crippen LogP contribution in [0.15, 0.2) is 29.4 Å². The van der Waals surface area contributed by atoms with Gasteiger partial charge < -0.3 is 14.2 Å². The first-order valence-corrected chi connectivity index (χ1v) is 12.2. The maximum atomic E-state index is 13.5. The van der Waals surface area contributed by atoms with Gasteiger partial charge in [0.15, 0.2) is 11.5 Å². The highest BCUT2D eigenvalue weighted by Crippen LogP contribution is 2.31. The zero-order valence-corrected chi connectivity index (χ0v) is 21.3. The number of aryl methyl sites for hydroxylation is 2. The zero-order valence-electron chi connectivity index (χ0n) is 21.3. The van der Waals surface area contributed by atoms with Crippen molar-refractivity contribution in [2.75, 3.05) is 60.7 Å². The number of likely N-dealkylation sites (N-methyl/N-ethyl adjacent to an activating group) is 1. The Hall–Kier alpha value is -3.44. The number of nitrogens with zero attached hydrogens (tertiary/aromatic N) is 6. The lowest BCUT2D eigenvalue weighted by Gasteiger charge is -2.35. The van der Waals surface area contributed by atoms with Crippen molar-refractivity contribution in [1.82, 2.24) is 19.3 Å². The van der Waals surface area contributed by atoms with Crippen molar-refractivity contribution < 1.29 is 28.4 Å². The summed E-state index contributed by atoms with van der Waals surface area (Å²) in [5.74, 6) is 2.30. The summed E-state index contributed by atoms with van der Waals surface area (Å²) in [6.07, 6.45) is 2.69. The molecule has 3 aliphatic rings. The van der Waals surface area contributed by atoms with E-state index in [1.54, 1.807) is 21.3 Å². The van der Waals surface area contributed by atoms with Gasteiger partial charge in [-0.05, 0) is 24.6 Å². The third-order valence-electron chi connectivity index (χ3n) is 7.14. The molecule has 0 aliphatic carbocycles. The number of hydrogen-bond acceptors (Lipinski definition) is 7. The first-order chi connectivity index (χ1) is 17.4. The van der Waals surface area contributed by atoms with E-state index in [9.17, 15) is 9.59 Å². The number of morpholine rings is 1. The quantitative estimate of drug-likeness (QED) is 0.508. The molecule has 2 saturated heterocycles. The van der Waals surface area contributed by atoms with Crippen LogP contribution in [0.1, 0.15) is 17.3 Å². The molecular weight excluding hydrogens is 464 g/mol. The number of aliphatic imine (C=N–C) groups is 1. The summed E-state index contributed by atoms with van der Waals surface area (Å²) in [6.45, 7) is 6.63. The van der Waals surface area contributed by atoms with Crippen LogP contribution in [-0.2, 0) is 22.5 Å². The van der Waals surface area contributed by atoms with Crippen LogP contribution in [0.5, 0.6) is 11.5 Å². The number of aromatic nitrogens is 2. The normalized spacial score (nSPS) is 19.9. The molecule has 192 valence electrons. The van der Waals surface area contributed by atoms with Crippen LogP contribution in [0.4, 0.5) is 10.7 Å². The van der Waals surface area contributed by atoms with Crippen LogP contribution in [0.3, 0.4) is 0 Å². The molecule has 2 fully saturated rings. The summed E-state index contributed by atoms with van der Waals surface area (Å²) in [5, 5.41) is 0. The van der Waals surface area contributed by atoms with E-state index in [1.807, 2.05) is 35.9 Å². The maximum Gasteiger partial charge on any atom is 0.401 e. The number of benzene rings is 1. The van der Waals surface area contributed by atoms with Crippen molar-refractivity contribution in [2.24, 2.45) is 4.99 Å². The zero-order chi connectivity index (χ0) is 25.4. The van der Waals surface area contributed by atoms with Crippen LogP contribution < -0.4 is 14.0 Å². The van der Waals surface area contributed by atoms with Gasteiger partial charge in [-0.3, -0.25) is 19.5 Å². The van der Waals surface area contributed by atoms with Gasteiger partial charge in [-0.25, -0.2) is 13.9 Å². The number of ether oxygens (including phenoxy) is 3. The summed E-state index contributed by atoms with van der Waals surface area (Å²) < 4.78 is 20.2. The topological polar surface area (TPSA) is 92.7 Å². The smallest absolute Gasteiger partial charge is 0.401 e. The second kappa shape index (κ2) is 9.90. The Morgan fingerprint density at radius 1 is 1.08 bits per heavy atom. The van der Waals surface area contributed by atoms with Crippen molar-refractivity contribution in [3.05, 3.63) is 35.7 Å². The average molecular weight is 498 g/mol. The van der Waals surface area contributed by atoms with E-state index in [1.165, 1.54) is 9.80 Å². The molecule has 11 heteroatoms. The molecule has 2 aromatic rings. The van der Waals surface area contributed by atoms with Crippen LogP contribution in [-0.4, -0.2) is 97.7 Å². The van der Waals surface area contributed by atoms with Crippen molar-refractivity contribution in [1.29, 1.82) is 0 Å². The van der Waals surface area contributed by atoms with E-state index in [0.717, 1.165) is 30.8 Å². The Balaban J connectivity index is 1.35. The molecule has 36 heavy (non-hydrogen) atoms. The summed E-state index contributed by atoms with van der Waals surface area (Å²) in [5.41, 5.74) is 2.10. The third kappa shape index (κ3) is 4.22. The van der Waals surface area contributed by atoms with Gasteiger partial charge in [0.25, 0.3) is 5.91 Å². The lowest BCUT2D eigenvalue weighted by atomic mass is 10.1. The Morgan fingerprint density at radius 2 is 1.83 bits per heavy atom. The number of amidine groups is 1. The number of carbonyl (C=O) groups is 2. The first kappa shape index (κ1) is 24.3. The summed E-state index contributed by atoms with van der Waals surface area (Å²) in [6, 6.07) is 4.92. The van der Waals surface area contributed by atoms with Crippen molar-refractivity contribution in [3.8, 4) is 11.5 Å². The molecule has 1 atom stereocenters. The molecule has 0 N–H and O–H groups in total. The van der Waals surface area contributed by atoms with Crippen LogP contribution in [0, 0.1) is 6.92 Å². The van der Waals surface area contributed by atoms with Gasteiger partial charge in [-0.1, -0.05) is 11.1 Å². The number of amides is 3. The Bertz CT molecular complexity index is 1200. The number of carbonyl (C=O) groups excluding carboxylic acids is 2. The fourth-order valence-electron chi connectivity index (χ4n) is 5.06. The number of methoxy groups -OCH3 is 2. The highest BCUT2D eigenvalue weighted by atomic mass is 16.5. The highest BCUT2D eigenvalue weighted by Gasteiger charge is 2.53. The second-order valence-corrected chi connectivity index (χ2v) is 9.23. The highest BCUT2D eigenvalue weighted by molar-refractivity contribution is 6.19. The lowest BCUT2D eigenvalue weighted by molar-refractivity contribution is -0.677. The standard InChI is InChI=1S/C25H33N6O5/c1-17-16-31-21-22(27(2)25(33)30(23(21)32)10-9-28-11-13-36-14-12-28)26-24(31)29(17)8-7-18-5-6-19(34-3)20(15-18)35-4/h5-6,15-16,21H,7-14H2,1-4H3/q+1. The Kier molecular flexibility index (Phi) is 6.67. The first-order valence-electron chi connectivity index (χ1n) is 12.2. The van der Waals surface area contributed by atoms with Gasteiger partial charge in [-0.2, -0.15) is 0 Å². The van der Waals surface area contributed by atoms with Gasteiger partial charge >= 0.3 is 12.0 Å². The molecule has 3 aliphatic heterocycles. The van der Waals surface area contributed by atoms with Crippen LogP contribution in [0.2, 0.25) is 0 Å². The molecule has 0 bridgehead atoms. The average Bonchev–Trinajstić information content (AvgIpc) is 3.41. The number of fused-ring (bicyclic) bond motifs is 3. The van der Waals surface area contributed by atoms with Gasteiger partial charge in [0.2, 0.25) is 11.9 Å². The van der Waals surface area contributed by atoms with Crippen LogP contribution >= 0.6 is 0 Å². The fraction of sp³-hybridized carbons (Fsp3) is 0.520. The van der Waals surface area contributed by atoms with Gasteiger partial charge in [0.1, 0.15) is 11.9 Å². The Labute approximate surface area is 210 Å². The molecule has 3 amide bonds.